The number of primary amides is 1. The van der Waals surface area contributed by atoms with Gasteiger partial charge in [0.2, 0.25) is 5.91 Å². The number of ether oxygens (including phenoxy) is 1. The predicted octanol–water partition coefficient (Wildman–Crippen LogP) is 4.26. The van der Waals surface area contributed by atoms with Gasteiger partial charge >= 0.3 is 12.1 Å². The molecule has 0 bridgehead atoms. The topological polar surface area (TPSA) is 132 Å². The minimum absolute atomic E-state index is 0.0180. The number of carbonyl (C=O) groups is 3. The number of benzene rings is 1. The Bertz CT molecular complexity index is 1350. The highest BCUT2D eigenvalue weighted by Crippen LogP contribution is 2.33. The second-order valence-corrected chi connectivity index (χ2v) is 9.67. The van der Waals surface area contributed by atoms with E-state index in [9.17, 15) is 18.8 Å². The lowest BCUT2D eigenvalue weighted by Gasteiger charge is -2.38. The molecule has 1 unspecified atom stereocenters. The van der Waals surface area contributed by atoms with Crippen LogP contribution in [0.5, 0.6) is 0 Å². The predicted molar refractivity (Wildman–Crippen MR) is 135 cm³/mol. The molecule has 37 heavy (non-hydrogen) atoms. The number of esters is 1. The van der Waals surface area contributed by atoms with Crippen molar-refractivity contribution in [2.24, 2.45) is 11.7 Å². The van der Waals surface area contributed by atoms with Crippen LogP contribution in [-0.2, 0) is 9.53 Å². The third-order valence-electron chi connectivity index (χ3n) is 7.06. The zero-order valence-electron chi connectivity index (χ0n) is 20.7. The van der Waals surface area contributed by atoms with Crippen molar-refractivity contribution >= 4 is 40.9 Å². The summed E-state index contributed by atoms with van der Waals surface area (Å²) >= 11 is 6.04. The first-order valence-corrected chi connectivity index (χ1v) is 12.3. The number of fused-ring (bicyclic) bond motifs is 1. The van der Waals surface area contributed by atoms with Gasteiger partial charge in [-0.1, -0.05) is 11.6 Å². The molecule has 10 nitrogen and oxygen atoms in total. The Morgan fingerprint density at radius 3 is 2.59 bits per heavy atom. The highest BCUT2D eigenvalue weighted by Gasteiger charge is 2.31. The third-order valence-corrected chi connectivity index (χ3v) is 7.37. The molecule has 1 saturated carbocycles. The molecule has 2 heterocycles. The Balaban J connectivity index is 1.40. The van der Waals surface area contributed by atoms with Gasteiger partial charge in [-0.25, -0.2) is 23.5 Å². The number of nitrogens with zero attached hydrogens (tertiary/aromatic N) is 4. The van der Waals surface area contributed by atoms with E-state index in [2.05, 4.69) is 32.0 Å². The monoisotopic (exact) mass is 530 g/mol. The van der Waals surface area contributed by atoms with Crippen LogP contribution in [0.1, 0.15) is 60.4 Å². The van der Waals surface area contributed by atoms with Crippen LogP contribution in [0.3, 0.4) is 0 Å². The van der Waals surface area contributed by atoms with Gasteiger partial charge in [0, 0.05) is 41.5 Å². The molecule has 0 saturated heterocycles. The molecule has 0 radical (unpaired) electrons. The molecule has 3 aromatic rings. The van der Waals surface area contributed by atoms with Crippen molar-refractivity contribution < 1.29 is 23.5 Å². The van der Waals surface area contributed by atoms with Gasteiger partial charge in [-0.2, -0.15) is 5.10 Å². The van der Waals surface area contributed by atoms with Crippen LogP contribution in [0.4, 0.5) is 14.9 Å². The Morgan fingerprint density at radius 1 is 1.24 bits per heavy atom. The number of carbonyl (C=O) groups excluding carboxylic acids is 3. The first-order valence-electron chi connectivity index (χ1n) is 11.9. The van der Waals surface area contributed by atoms with E-state index in [1.54, 1.807) is 10.7 Å². The van der Waals surface area contributed by atoms with Crippen molar-refractivity contribution in [2.45, 2.75) is 51.6 Å². The molecule has 2 aromatic heterocycles. The van der Waals surface area contributed by atoms with Crippen LogP contribution in [0, 0.1) is 18.7 Å². The van der Waals surface area contributed by atoms with E-state index in [0.29, 0.717) is 24.2 Å². The maximum absolute atomic E-state index is 13.3. The summed E-state index contributed by atoms with van der Waals surface area (Å²) in [7, 11) is 2.04. The summed E-state index contributed by atoms with van der Waals surface area (Å²) in [5, 5.41) is 7.22. The summed E-state index contributed by atoms with van der Waals surface area (Å²) in [6, 6.07) is 5.57. The van der Waals surface area contributed by atoms with E-state index >= 15 is 0 Å². The van der Waals surface area contributed by atoms with E-state index in [1.807, 2.05) is 14.0 Å². The fraction of sp³-hybridized carbons (Fsp3) is 0.400. The number of hydrogen-bond acceptors (Lipinski definition) is 7. The van der Waals surface area contributed by atoms with Crippen molar-refractivity contribution in [3.05, 3.63) is 58.3 Å². The minimum Gasteiger partial charge on any atom is -0.371 e. The Kier molecular flexibility index (Phi) is 7.74. The standard InChI is InChI=1S/C25H28ClFN6O4/c1-13(18-12-29-22-11-21(24(35)37-25(28)36)31-33(22)14(18)2)32(3)17-7-4-15(5-8-17)23(34)30-20-9-6-16(27)10-19(20)26/h6,9-13,15,17H,4-5,7-8H2,1-3H3,(H2,28,36)(H,30,34). The molecule has 4 rings (SSSR count). The zero-order valence-corrected chi connectivity index (χ0v) is 21.5. The van der Waals surface area contributed by atoms with Crippen LogP contribution in [0.25, 0.3) is 5.65 Å². The third kappa shape index (κ3) is 5.72. The largest absolute Gasteiger partial charge is 0.412 e. The summed E-state index contributed by atoms with van der Waals surface area (Å²) in [4.78, 5) is 42.3. The number of anilines is 1. The molecule has 1 aromatic carbocycles. The summed E-state index contributed by atoms with van der Waals surface area (Å²) < 4.78 is 19.2. The number of nitrogens with one attached hydrogen (secondary N) is 1. The second kappa shape index (κ2) is 10.8. The molecule has 0 aliphatic heterocycles. The molecule has 1 aliphatic rings. The molecule has 12 heteroatoms. The zero-order chi connectivity index (χ0) is 26.9. The van der Waals surface area contributed by atoms with Gasteiger partial charge in [0.25, 0.3) is 0 Å². The lowest BCUT2D eigenvalue weighted by molar-refractivity contribution is -0.121. The Labute approximate surface area is 217 Å². The number of amides is 2. The number of aryl methyl sites for hydroxylation is 1. The Morgan fingerprint density at radius 2 is 1.95 bits per heavy atom. The summed E-state index contributed by atoms with van der Waals surface area (Å²) in [6.07, 6.45) is 3.64. The number of nitrogens with two attached hydrogens (primary N) is 1. The van der Waals surface area contributed by atoms with Gasteiger partial charge < -0.3 is 15.8 Å². The minimum atomic E-state index is -1.20. The van der Waals surface area contributed by atoms with Crippen LogP contribution < -0.4 is 11.1 Å². The van der Waals surface area contributed by atoms with E-state index in [1.165, 1.54) is 24.3 Å². The van der Waals surface area contributed by atoms with E-state index in [-0.39, 0.29) is 34.6 Å². The summed E-state index contributed by atoms with van der Waals surface area (Å²) in [6.45, 7) is 3.95. The molecular formula is C25H28ClFN6O4. The molecule has 2 amide bonds. The smallest absolute Gasteiger partial charge is 0.371 e. The fourth-order valence-electron chi connectivity index (χ4n) is 4.82. The van der Waals surface area contributed by atoms with Gasteiger partial charge in [-0.15, -0.1) is 0 Å². The van der Waals surface area contributed by atoms with Gasteiger partial charge in [0.15, 0.2) is 11.3 Å². The van der Waals surface area contributed by atoms with Gasteiger partial charge in [-0.05, 0) is 64.8 Å². The van der Waals surface area contributed by atoms with Crippen LogP contribution in [0.15, 0.2) is 30.5 Å². The van der Waals surface area contributed by atoms with Crippen molar-refractivity contribution in [1.29, 1.82) is 0 Å². The lowest BCUT2D eigenvalue weighted by atomic mass is 9.84. The second-order valence-electron chi connectivity index (χ2n) is 9.27. The Hall–Kier alpha value is -3.57. The van der Waals surface area contributed by atoms with Gasteiger partial charge in [-0.3, -0.25) is 9.69 Å². The quantitative estimate of drug-likeness (QED) is 0.359. The maximum atomic E-state index is 13.3. The van der Waals surface area contributed by atoms with Crippen molar-refractivity contribution in [1.82, 2.24) is 19.5 Å². The number of halogens is 2. The normalized spacial score (nSPS) is 18.5. The number of aromatic nitrogens is 3. The highest BCUT2D eigenvalue weighted by atomic mass is 35.5. The van der Waals surface area contributed by atoms with Crippen molar-refractivity contribution in [3.63, 3.8) is 0 Å². The van der Waals surface area contributed by atoms with Crippen LogP contribution in [0.2, 0.25) is 5.02 Å². The van der Waals surface area contributed by atoms with Crippen LogP contribution >= 0.6 is 11.6 Å². The molecular weight excluding hydrogens is 503 g/mol. The molecule has 1 fully saturated rings. The molecule has 0 spiro atoms. The average molecular weight is 531 g/mol. The summed E-state index contributed by atoms with van der Waals surface area (Å²) in [5.41, 5.74) is 7.43. The summed E-state index contributed by atoms with van der Waals surface area (Å²) in [5.74, 6) is -1.66. The van der Waals surface area contributed by atoms with Crippen molar-refractivity contribution in [2.75, 3.05) is 12.4 Å². The van der Waals surface area contributed by atoms with Gasteiger partial charge in [0.05, 0.1) is 10.7 Å². The first kappa shape index (κ1) is 26.5. The SMILES string of the molecule is Cc1c(C(C)N(C)C2CCC(C(=O)Nc3ccc(F)cc3Cl)CC2)cnc2cc(C(=O)OC(N)=O)nn12. The van der Waals surface area contributed by atoms with E-state index < -0.39 is 17.9 Å². The first-order chi connectivity index (χ1) is 17.5. The molecule has 196 valence electrons. The van der Waals surface area contributed by atoms with Gasteiger partial charge in [0.1, 0.15) is 5.82 Å². The van der Waals surface area contributed by atoms with Crippen LogP contribution in [-0.4, -0.2) is 50.6 Å². The van der Waals surface area contributed by atoms with E-state index in [0.717, 1.165) is 24.1 Å². The number of rotatable bonds is 6. The average Bonchev–Trinajstić information content (AvgIpc) is 3.30. The molecule has 3 N–H and O–H groups in total. The van der Waals surface area contributed by atoms with Crippen molar-refractivity contribution in [3.8, 4) is 0 Å². The maximum Gasteiger partial charge on any atom is 0.412 e. The molecule has 1 aliphatic carbocycles. The van der Waals surface area contributed by atoms with E-state index in [4.69, 9.17) is 17.3 Å². The fourth-order valence-corrected chi connectivity index (χ4v) is 5.04. The number of hydrogen-bond donors (Lipinski definition) is 2. The highest BCUT2D eigenvalue weighted by molar-refractivity contribution is 6.33. The molecule has 1 atom stereocenters. The lowest BCUT2D eigenvalue weighted by Crippen LogP contribution is -2.39.